The fraction of sp³-hybridized carbons (Fsp3) is 0.625. The summed E-state index contributed by atoms with van der Waals surface area (Å²) in [5, 5.41) is 15.4. The molecule has 1 aromatic heterocycles. The highest BCUT2D eigenvalue weighted by molar-refractivity contribution is 5.89. The van der Waals surface area contributed by atoms with Crippen molar-refractivity contribution in [1.82, 2.24) is 10.3 Å². The maximum Gasteiger partial charge on any atom is 0.319 e. The van der Waals surface area contributed by atoms with E-state index in [1.54, 1.807) is 6.20 Å². The van der Waals surface area contributed by atoms with Crippen molar-refractivity contribution in [2.45, 2.75) is 25.3 Å². The topological polar surface area (TPSA) is 77.5 Å². The van der Waals surface area contributed by atoms with E-state index >= 15 is 0 Å². The number of hydrogen-bond acceptors (Lipinski definition) is 4. The number of fused-ring (bicyclic) bond motifs is 2. The molecule has 1 heterocycles. The average molecular weight is 304 g/mol. The molecule has 0 aliphatic heterocycles. The van der Waals surface area contributed by atoms with Crippen LogP contribution in [-0.4, -0.2) is 42.9 Å². The van der Waals surface area contributed by atoms with E-state index in [-0.39, 0.29) is 24.6 Å². The third-order valence-corrected chi connectivity index (χ3v) is 5.06. The highest BCUT2D eigenvalue weighted by atomic mass is 16.3. The molecule has 2 amide bonds. The van der Waals surface area contributed by atoms with Gasteiger partial charge in [0.25, 0.3) is 0 Å². The second kappa shape index (κ2) is 6.12. The number of aromatic nitrogens is 1. The van der Waals surface area contributed by atoms with Gasteiger partial charge in [-0.3, -0.25) is 0 Å². The minimum absolute atomic E-state index is 0.0951. The maximum atomic E-state index is 12.2. The molecular weight excluding hydrogens is 280 g/mol. The van der Waals surface area contributed by atoms with E-state index in [4.69, 9.17) is 0 Å². The fourth-order valence-electron chi connectivity index (χ4n) is 3.94. The summed E-state index contributed by atoms with van der Waals surface area (Å²) in [5.41, 5.74) is 0.673. The van der Waals surface area contributed by atoms with Gasteiger partial charge in [0.2, 0.25) is 0 Å². The highest BCUT2D eigenvalue weighted by Gasteiger charge is 2.47. The molecule has 2 saturated carbocycles. The lowest BCUT2D eigenvalue weighted by molar-refractivity contribution is 0.146. The van der Waals surface area contributed by atoms with Gasteiger partial charge in [0.1, 0.15) is 5.82 Å². The van der Waals surface area contributed by atoms with Crippen LogP contribution >= 0.6 is 0 Å². The smallest absolute Gasteiger partial charge is 0.319 e. The molecule has 3 N–H and O–H groups in total. The summed E-state index contributed by atoms with van der Waals surface area (Å²) < 4.78 is 0. The van der Waals surface area contributed by atoms with Crippen LogP contribution in [0.4, 0.5) is 16.3 Å². The molecule has 4 unspecified atom stereocenters. The van der Waals surface area contributed by atoms with Crippen LogP contribution in [0.2, 0.25) is 0 Å². The molecule has 3 rings (SSSR count). The molecule has 0 saturated heterocycles. The molecule has 22 heavy (non-hydrogen) atoms. The van der Waals surface area contributed by atoms with Crippen LogP contribution in [0.25, 0.3) is 0 Å². The first-order valence-corrected chi connectivity index (χ1v) is 7.90. The number of nitrogens with zero attached hydrogens (tertiary/aromatic N) is 2. The van der Waals surface area contributed by atoms with Crippen molar-refractivity contribution in [2.75, 3.05) is 30.9 Å². The quantitative estimate of drug-likeness (QED) is 0.791. The van der Waals surface area contributed by atoms with E-state index < -0.39 is 0 Å². The second-order valence-corrected chi connectivity index (χ2v) is 6.60. The molecule has 2 fully saturated rings. The van der Waals surface area contributed by atoms with Crippen LogP contribution in [0.3, 0.4) is 0 Å². The van der Waals surface area contributed by atoms with Gasteiger partial charge in [-0.15, -0.1) is 0 Å². The number of carbonyl (C=O) groups is 1. The Labute approximate surface area is 130 Å². The van der Waals surface area contributed by atoms with Crippen molar-refractivity contribution < 1.29 is 9.90 Å². The van der Waals surface area contributed by atoms with Gasteiger partial charge in [-0.25, -0.2) is 9.78 Å². The minimum atomic E-state index is -0.213. The number of rotatable bonds is 4. The van der Waals surface area contributed by atoms with Gasteiger partial charge < -0.3 is 20.6 Å². The van der Waals surface area contributed by atoms with Gasteiger partial charge in [-0.1, -0.05) is 0 Å². The molecule has 0 spiro atoms. The van der Waals surface area contributed by atoms with Gasteiger partial charge in [0.05, 0.1) is 11.9 Å². The Morgan fingerprint density at radius 2 is 2.14 bits per heavy atom. The molecular formula is C16H24N4O2. The third kappa shape index (κ3) is 2.88. The summed E-state index contributed by atoms with van der Waals surface area (Å²) in [6.07, 6.45) is 5.13. The number of anilines is 2. The van der Waals surface area contributed by atoms with Crippen molar-refractivity contribution in [3.8, 4) is 0 Å². The summed E-state index contributed by atoms with van der Waals surface area (Å²) >= 11 is 0. The Morgan fingerprint density at radius 3 is 2.77 bits per heavy atom. The van der Waals surface area contributed by atoms with Gasteiger partial charge in [-0.2, -0.15) is 0 Å². The van der Waals surface area contributed by atoms with E-state index in [2.05, 4.69) is 15.6 Å². The Kier molecular flexibility index (Phi) is 4.20. The fourth-order valence-corrected chi connectivity index (χ4v) is 3.94. The van der Waals surface area contributed by atoms with Crippen molar-refractivity contribution in [2.24, 2.45) is 17.8 Å². The molecule has 120 valence electrons. The number of carbonyl (C=O) groups excluding carboxylic acids is 1. The molecule has 0 radical (unpaired) electrons. The number of aliphatic hydroxyl groups excluding tert-OH is 1. The number of aliphatic hydroxyl groups is 1. The average Bonchev–Trinajstić information content (AvgIpc) is 3.08. The van der Waals surface area contributed by atoms with Gasteiger partial charge in [-0.05, 0) is 43.2 Å². The van der Waals surface area contributed by atoms with Crippen LogP contribution in [0.5, 0.6) is 0 Å². The Hall–Kier alpha value is -1.82. The van der Waals surface area contributed by atoms with Crippen molar-refractivity contribution in [3.05, 3.63) is 18.3 Å². The zero-order chi connectivity index (χ0) is 15.7. The second-order valence-electron chi connectivity index (χ2n) is 6.60. The Morgan fingerprint density at radius 1 is 1.36 bits per heavy atom. The normalized spacial score (nSPS) is 29.4. The van der Waals surface area contributed by atoms with Gasteiger partial charge >= 0.3 is 6.03 Å². The molecule has 0 aromatic carbocycles. The zero-order valence-electron chi connectivity index (χ0n) is 13.1. The standard InChI is InChI=1S/C16H24N4O2/c1-20(2)14-6-5-12(8-17-14)18-16(22)19-15-11-4-3-10(7-11)13(15)9-21/h5-6,8,10-11,13,15,21H,3-4,7,9H2,1-2H3,(H2,18,19,22). The first kappa shape index (κ1) is 15.1. The van der Waals surface area contributed by atoms with Gasteiger partial charge in [0.15, 0.2) is 0 Å². The number of nitrogens with one attached hydrogen (secondary N) is 2. The predicted molar refractivity (Wildman–Crippen MR) is 85.9 cm³/mol. The van der Waals surface area contributed by atoms with Crippen LogP contribution in [0.1, 0.15) is 19.3 Å². The number of pyridine rings is 1. The van der Waals surface area contributed by atoms with E-state index in [0.29, 0.717) is 17.5 Å². The maximum absolute atomic E-state index is 12.2. The van der Waals surface area contributed by atoms with E-state index in [1.165, 1.54) is 6.42 Å². The van der Waals surface area contributed by atoms with Crippen LogP contribution in [0.15, 0.2) is 18.3 Å². The molecule has 4 atom stereocenters. The molecule has 6 nitrogen and oxygen atoms in total. The Balaban J connectivity index is 1.58. The molecule has 1 aromatic rings. The van der Waals surface area contributed by atoms with Crippen molar-refractivity contribution in [3.63, 3.8) is 0 Å². The highest BCUT2D eigenvalue weighted by Crippen LogP contribution is 2.48. The lowest BCUT2D eigenvalue weighted by Gasteiger charge is -2.30. The van der Waals surface area contributed by atoms with Gasteiger partial charge in [0, 0.05) is 32.7 Å². The minimum Gasteiger partial charge on any atom is -0.396 e. The zero-order valence-corrected chi connectivity index (χ0v) is 13.1. The van der Waals surface area contributed by atoms with Crippen molar-refractivity contribution in [1.29, 1.82) is 0 Å². The lowest BCUT2D eigenvalue weighted by Crippen LogP contribution is -2.46. The SMILES string of the molecule is CN(C)c1ccc(NC(=O)NC2C3CCC(C3)C2CO)cn1. The van der Waals surface area contributed by atoms with E-state index in [0.717, 1.165) is 18.7 Å². The van der Waals surface area contributed by atoms with E-state index in [1.807, 2.05) is 31.1 Å². The van der Waals surface area contributed by atoms with Crippen molar-refractivity contribution >= 4 is 17.5 Å². The number of urea groups is 1. The summed E-state index contributed by atoms with van der Waals surface area (Å²) in [6, 6.07) is 3.59. The van der Waals surface area contributed by atoms with E-state index in [9.17, 15) is 9.90 Å². The number of hydrogen-bond donors (Lipinski definition) is 3. The summed E-state index contributed by atoms with van der Waals surface area (Å²) in [6.45, 7) is 0.158. The van der Waals surface area contributed by atoms with Crippen LogP contribution in [-0.2, 0) is 0 Å². The molecule has 2 aliphatic rings. The Bertz CT molecular complexity index is 531. The summed E-state index contributed by atoms with van der Waals surface area (Å²) in [5.74, 6) is 2.14. The first-order chi connectivity index (χ1) is 10.6. The number of amides is 2. The monoisotopic (exact) mass is 304 g/mol. The molecule has 2 bridgehead atoms. The summed E-state index contributed by atoms with van der Waals surface area (Å²) in [4.78, 5) is 18.4. The predicted octanol–water partition coefficient (Wildman–Crippen LogP) is 1.68. The largest absolute Gasteiger partial charge is 0.396 e. The first-order valence-electron chi connectivity index (χ1n) is 7.90. The molecule has 2 aliphatic carbocycles. The molecule has 6 heteroatoms. The lowest BCUT2D eigenvalue weighted by atomic mass is 9.85. The van der Waals surface area contributed by atoms with Crippen LogP contribution < -0.4 is 15.5 Å². The summed E-state index contributed by atoms with van der Waals surface area (Å²) in [7, 11) is 3.85. The third-order valence-electron chi connectivity index (χ3n) is 5.06. The van der Waals surface area contributed by atoms with Crippen LogP contribution in [0, 0.1) is 17.8 Å².